The van der Waals surface area contributed by atoms with Gasteiger partial charge in [0, 0.05) is 0 Å². The van der Waals surface area contributed by atoms with E-state index in [0.29, 0.717) is 11.4 Å². The number of carbonyl (C=O) groups excluding carboxylic acids is 2. The number of amides is 1. The third-order valence-corrected chi connectivity index (χ3v) is 3.27. The Bertz CT molecular complexity index is 510. The molecule has 5 nitrogen and oxygen atoms in total. The van der Waals surface area contributed by atoms with Gasteiger partial charge in [-0.3, -0.25) is 9.59 Å². The Kier molecular flexibility index (Phi) is 3.46. The normalized spacial score (nSPS) is 20.8. The Labute approximate surface area is 111 Å². The summed E-state index contributed by atoms with van der Waals surface area (Å²) in [5.74, 6) is -0.491. The summed E-state index contributed by atoms with van der Waals surface area (Å²) in [7, 11) is 1.54. The molecule has 1 atom stereocenters. The molecule has 0 spiro atoms. The van der Waals surface area contributed by atoms with E-state index in [2.05, 4.69) is 5.32 Å². The summed E-state index contributed by atoms with van der Waals surface area (Å²) in [6.07, 6.45) is 0.105. The number of para-hydroxylation sites is 2. The van der Waals surface area contributed by atoms with E-state index in [9.17, 15) is 9.59 Å². The van der Waals surface area contributed by atoms with Crippen LogP contribution >= 0.6 is 0 Å². The second kappa shape index (κ2) is 4.91. The van der Waals surface area contributed by atoms with Gasteiger partial charge in [-0.15, -0.1) is 0 Å². The van der Waals surface area contributed by atoms with Gasteiger partial charge in [-0.25, -0.2) is 0 Å². The van der Waals surface area contributed by atoms with Crippen LogP contribution in [0.5, 0.6) is 5.75 Å². The minimum Gasteiger partial charge on any atom is -0.495 e. The van der Waals surface area contributed by atoms with E-state index in [-0.39, 0.29) is 18.3 Å². The number of anilines is 1. The van der Waals surface area contributed by atoms with Crippen LogP contribution in [0.3, 0.4) is 0 Å². The lowest BCUT2D eigenvalue weighted by atomic mass is 9.90. The zero-order valence-corrected chi connectivity index (χ0v) is 11.2. The molecule has 2 rings (SSSR count). The van der Waals surface area contributed by atoms with Crippen molar-refractivity contribution in [1.29, 1.82) is 0 Å². The molecule has 19 heavy (non-hydrogen) atoms. The summed E-state index contributed by atoms with van der Waals surface area (Å²) in [5, 5.41) is 2.78. The molecule has 0 aromatic heterocycles. The van der Waals surface area contributed by atoms with Crippen LogP contribution in [0.25, 0.3) is 0 Å². The number of nitrogens with one attached hydrogen (secondary N) is 1. The van der Waals surface area contributed by atoms with E-state index >= 15 is 0 Å². The standard InChI is InChI=1S/C14H17NO4/c1-14(2)9(8-12(16)19-14)13(17)15-10-6-4-5-7-11(10)18-3/h4-7,9H,8H2,1-3H3,(H,15,17)/t9-/m1/s1. The molecule has 1 amide bonds. The molecule has 102 valence electrons. The molecule has 1 aromatic rings. The number of carbonyl (C=O) groups is 2. The van der Waals surface area contributed by atoms with Crippen LogP contribution in [0.2, 0.25) is 0 Å². The van der Waals surface area contributed by atoms with Gasteiger partial charge in [0.25, 0.3) is 0 Å². The minimum absolute atomic E-state index is 0.105. The summed E-state index contributed by atoms with van der Waals surface area (Å²) in [4.78, 5) is 23.6. The van der Waals surface area contributed by atoms with E-state index in [1.54, 1.807) is 32.0 Å². The molecule has 0 radical (unpaired) electrons. The van der Waals surface area contributed by atoms with Gasteiger partial charge in [-0.05, 0) is 26.0 Å². The lowest BCUT2D eigenvalue weighted by Gasteiger charge is -2.24. The third kappa shape index (κ3) is 2.70. The van der Waals surface area contributed by atoms with Crippen molar-refractivity contribution < 1.29 is 19.1 Å². The van der Waals surface area contributed by atoms with Gasteiger partial charge in [0.15, 0.2) is 0 Å². The van der Waals surface area contributed by atoms with Gasteiger partial charge in [-0.1, -0.05) is 12.1 Å². The van der Waals surface area contributed by atoms with Gasteiger partial charge in [0.05, 0.1) is 25.1 Å². The average Bonchev–Trinajstić information content (AvgIpc) is 2.63. The van der Waals surface area contributed by atoms with E-state index in [4.69, 9.17) is 9.47 Å². The van der Waals surface area contributed by atoms with Gasteiger partial charge in [0.1, 0.15) is 11.4 Å². The van der Waals surface area contributed by atoms with Crippen LogP contribution in [-0.2, 0) is 14.3 Å². The summed E-state index contributed by atoms with van der Waals surface area (Å²) in [6.45, 7) is 3.48. The number of methoxy groups -OCH3 is 1. The molecule has 1 aromatic carbocycles. The summed E-state index contributed by atoms with van der Waals surface area (Å²) < 4.78 is 10.3. The van der Waals surface area contributed by atoms with Gasteiger partial charge in [-0.2, -0.15) is 0 Å². The zero-order valence-electron chi connectivity index (χ0n) is 11.2. The average molecular weight is 263 g/mol. The monoisotopic (exact) mass is 263 g/mol. The van der Waals surface area contributed by atoms with Crippen molar-refractivity contribution in [2.24, 2.45) is 5.92 Å². The number of cyclic esters (lactones) is 1. The largest absolute Gasteiger partial charge is 0.495 e. The quantitative estimate of drug-likeness (QED) is 0.847. The molecule has 1 heterocycles. The van der Waals surface area contributed by atoms with Crippen LogP contribution in [0.1, 0.15) is 20.3 Å². The first-order valence-corrected chi connectivity index (χ1v) is 6.10. The van der Waals surface area contributed by atoms with Crippen LogP contribution in [0, 0.1) is 5.92 Å². The minimum atomic E-state index is -0.775. The molecule has 5 heteroatoms. The number of benzene rings is 1. The molecule has 1 aliphatic heterocycles. The van der Waals surface area contributed by atoms with Crippen molar-refractivity contribution >= 4 is 17.6 Å². The Hall–Kier alpha value is -2.04. The van der Waals surface area contributed by atoms with Crippen molar-refractivity contribution in [3.05, 3.63) is 24.3 Å². The Morgan fingerprint density at radius 2 is 2.11 bits per heavy atom. The van der Waals surface area contributed by atoms with E-state index in [0.717, 1.165) is 0 Å². The summed E-state index contributed by atoms with van der Waals surface area (Å²) in [5.41, 5.74) is -0.187. The molecule has 1 saturated heterocycles. The second-order valence-electron chi connectivity index (χ2n) is 5.02. The van der Waals surface area contributed by atoms with E-state index in [1.807, 2.05) is 6.07 Å². The SMILES string of the molecule is COc1ccccc1NC(=O)[C@H]1CC(=O)OC1(C)C. The molecule has 0 bridgehead atoms. The highest BCUT2D eigenvalue weighted by Crippen LogP contribution is 2.34. The number of hydrogen-bond acceptors (Lipinski definition) is 4. The third-order valence-electron chi connectivity index (χ3n) is 3.27. The number of rotatable bonds is 3. The smallest absolute Gasteiger partial charge is 0.307 e. The Morgan fingerprint density at radius 1 is 1.42 bits per heavy atom. The maximum absolute atomic E-state index is 12.2. The highest BCUT2D eigenvalue weighted by atomic mass is 16.6. The lowest BCUT2D eigenvalue weighted by molar-refractivity contribution is -0.147. The molecule has 1 fully saturated rings. The Balaban J connectivity index is 2.15. The predicted octanol–water partition coefficient (Wildman–Crippen LogP) is 1.98. The van der Waals surface area contributed by atoms with E-state index in [1.165, 1.54) is 7.11 Å². The van der Waals surface area contributed by atoms with Crippen molar-refractivity contribution in [2.45, 2.75) is 25.9 Å². The molecular formula is C14H17NO4. The summed E-state index contributed by atoms with van der Waals surface area (Å²) in [6, 6.07) is 7.14. The van der Waals surface area contributed by atoms with Crippen molar-refractivity contribution in [3.63, 3.8) is 0 Å². The van der Waals surface area contributed by atoms with Crippen LogP contribution in [0.15, 0.2) is 24.3 Å². The highest BCUT2D eigenvalue weighted by molar-refractivity contribution is 5.97. The zero-order chi connectivity index (χ0) is 14.0. The molecule has 0 saturated carbocycles. The van der Waals surface area contributed by atoms with Gasteiger partial charge >= 0.3 is 5.97 Å². The first-order valence-electron chi connectivity index (χ1n) is 6.10. The van der Waals surface area contributed by atoms with Crippen LogP contribution < -0.4 is 10.1 Å². The number of esters is 1. The van der Waals surface area contributed by atoms with Crippen molar-refractivity contribution in [2.75, 3.05) is 12.4 Å². The predicted molar refractivity (Wildman–Crippen MR) is 69.9 cm³/mol. The maximum atomic E-state index is 12.2. The fraction of sp³-hybridized carbons (Fsp3) is 0.429. The first kappa shape index (κ1) is 13.4. The molecule has 0 unspecified atom stereocenters. The topological polar surface area (TPSA) is 64.6 Å². The van der Waals surface area contributed by atoms with Crippen molar-refractivity contribution in [1.82, 2.24) is 0 Å². The fourth-order valence-corrected chi connectivity index (χ4v) is 2.19. The van der Waals surface area contributed by atoms with Gasteiger partial charge in [0.2, 0.25) is 5.91 Å². The summed E-state index contributed by atoms with van der Waals surface area (Å²) >= 11 is 0. The van der Waals surface area contributed by atoms with Crippen LogP contribution in [-0.4, -0.2) is 24.6 Å². The highest BCUT2D eigenvalue weighted by Gasteiger charge is 2.46. The molecule has 1 N–H and O–H groups in total. The van der Waals surface area contributed by atoms with Crippen LogP contribution in [0.4, 0.5) is 5.69 Å². The second-order valence-corrected chi connectivity index (χ2v) is 5.02. The fourth-order valence-electron chi connectivity index (χ4n) is 2.19. The number of hydrogen-bond donors (Lipinski definition) is 1. The first-order chi connectivity index (χ1) is 8.94. The maximum Gasteiger partial charge on any atom is 0.307 e. The molecule has 0 aliphatic carbocycles. The Morgan fingerprint density at radius 3 is 2.68 bits per heavy atom. The molecule has 1 aliphatic rings. The molecular weight excluding hydrogens is 246 g/mol. The van der Waals surface area contributed by atoms with Gasteiger partial charge < -0.3 is 14.8 Å². The lowest BCUT2D eigenvalue weighted by Crippen LogP contribution is -2.36. The van der Waals surface area contributed by atoms with E-state index < -0.39 is 11.5 Å². The van der Waals surface area contributed by atoms with Crippen molar-refractivity contribution in [3.8, 4) is 5.75 Å². The number of ether oxygens (including phenoxy) is 2.